The van der Waals surface area contributed by atoms with Gasteiger partial charge in [-0.15, -0.1) is 0 Å². The van der Waals surface area contributed by atoms with Gasteiger partial charge in [-0.25, -0.2) is 0 Å². The van der Waals surface area contributed by atoms with E-state index < -0.39 is 0 Å². The fraction of sp³-hybridized carbons (Fsp3) is 0.300. The summed E-state index contributed by atoms with van der Waals surface area (Å²) in [6, 6.07) is 17.4. The molecule has 0 aromatic heterocycles. The van der Waals surface area contributed by atoms with E-state index in [1.165, 1.54) is 0 Å². The number of nitrogens with one attached hydrogen (secondary N) is 1. The molecule has 1 saturated heterocycles. The van der Waals surface area contributed by atoms with Crippen LogP contribution in [0.25, 0.3) is 0 Å². The van der Waals surface area contributed by atoms with Gasteiger partial charge >= 0.3 is 0 Å². The van der Waals surface area contributed by atoms with E-state index in [0.29, 0.717) is 19.7 Å². The third-order valence-corrected chi connectivity index (χ3v) is 4.36. The molecule has 0 radical (unpaired) electrons. The molecule has 2 aromatic carbocycles. The van der Waals surface area contributed by atoms with Crippen LogP contribution in [0.2, 0.25) is 0 Å². The second-order valence-corrected chi connectivity index (χ2v) is 6.21. The van der Waals surface area contributed by atoms with Crippen molar-refractivity contribution >= 4 is 17.5 Å². The summed E-state index contributed by atoms with van der Waals surface area (Å²) in [6.45, 7) is 1.47. The second-order valence-electron chi connectivity index (χ2n) is 6.21. The maximum absolute atomic E-state index is 12.4. The Labute approximate surface area is 147 Å². The second kappa shape index (κ2) is 7.94. The molecular weight excluding hydrogens is 316 g/mol. The molecule has 1 aliphatic rings. The fourth-order valence-electron chi connectivity index (χ4n) is 2.99. The van der Waals surface area contributed by atoms with E-state index in [9.17, 15) is 9.59 Å². The van der Waals surface area contributed by atoms with Crippen molar-refractivity contribution in [3.8, 4) is 0 Å². The molecule has 2 amide bonds. The molecule has 0 spiro atoms. The number of ether oxygens (including phenoxy) is 1. The lowest BCUT2D eigenvalue weighted by molar-refractivity contribution is -0.126. The van der Waals surface area contributed by atoms with Crippen LogP contribution >= 0.6 is 0 Å². The number of nitrogens with zero attached hydrogens (tertiary/aromatic N) is 1. The van der Waals surface area contributed by atoms with E-state index in [1.54, 1.807) is 12.0 Å². The van der Waals surface area contributed by atoms with Gasteiger partial charge in [0.2, 0.25) is 11.8 Å². The third-order valence-electron chi connectivity index (χ3n) is 4.36. The molecule has 25 heavy (non-hydrogen) atoms. The largest absolute Gasteiger partial charge is 0.380 e. The lowest BCUT2D eigenvalue weighted by Gasteiger charge is -2.16. The number of hydrogen-bond acceptors (Lipinski definition) is 3. The van der Waals surface area contributed by atoms with Crippen molar-refractivity contribution < 1.29 is 14.3 Å². The Bertz CT molecular complexity index is 728. The van der Waals surface area contributed by atoms with Crippen LogP contribution in [-0.4, -0.2) is 25.5 Å². The van der Waals surface area contributed by atoms with Crippen LogP contribution in [0.4, 0.5) is 5.69 Å². The van der Waals surface area contributed by atoms with Crippen molar-refractivity contribution in [2.24, 2.45) is 5.92 Å². The van der Waals surface area contributed by atoms with Gasteiger partial charge in [0.05, 0.1) is 12.5 Å². The number of rotatable bonds is 6. The highest BCUT2D eigenvalue weighted by Crippen LogP contribution is 2.24. The number of amides is 2. The molecule has 0 bridgehead atoms. The zero-order valence-electron chi connectivity index (χ0n) is 14.3. The number of benzene rings is 2. The van der Waals surface area contributed by atoms with Crippen molar-refractivity contribution in [3.05, 3.63) is 65.7 Å². The molecule has 1 fully saturated rings. The number of hydrogen-bond donors (Lipinski definition) is 1. The summed E-state index contributed by atoms with van der Waals surface area (Å²) in [4.78, 5) is 26.3. The van der Waals surface area contributed by atoms with Crippen LogP contribution in [0.3, 0.4) is 0 Å². The van der Waals surface area contributed by atoms with Crippen LogP contribution in [0.5, 0.6) is 0 Å². The van der Waals surface area contributed by atoms with Crippen molar-refractivity contribution in [1.82, 2.24) is 5.32 Å². The van der Waals surface area contributed by atoms with Crippen LogP contribution in [0, 0.1) is 5.92 Å². The van der Waals surface area contributed by atoms with Gasteiger partial charge in [0.15, 0.2) is 0 Å². The van der Waals surface area contributed by atoms with E-state index >= 15 is 0 Å². The highest BCUT2D eigenvalue weighted by molar-refractivity contribution is 6.00. The van der Waals surface area contributed by atoms with Crippen LogP contribution in [0.1, 0.15) is 17.5 Å². The Hall–Kier alpha value is -2.66. The summed E-state index contributed by atoms with van der Waals surface area (Å²) in [5.41, 5.74) is 2.96. The van der Waals surface area contributed by atoms with Gasteiger partial charge in [0.1, 0.15) is 0 Å². The first-order chi connectivity index (χ1) is 12.2. The Morgan fingerprint density at radius 2 is 1.80 bits per heavy atom. The van der Waals surface area contributed by atoms with E-state index in [1.807, 2.05) is 54.6 Å². The maximum Gasteiger partial charge on any atom is 0.227 e. The normalized spacial score (nSPS) is 16.9. The third kappa shape index (κ3) is 4.25. The first kappa shape index (κ1) is 17.2. The molecule has 0 saturated carbocycles. The van der Waals surface area contributed by atoms with E-state index in [4.69, 9.17) is 4.74 Å². The highest BCUT2D eigenvalue weighted by atomic mass is 16.5. The first-order valence-corrected chi connectivity index (χ1v) is 8.37. The first-order valence-electron chi connectivity index (χ1n) is 8.37. The maximum atomic E-state index is 12.4. The zero-order valence-corrected chi connectivity index (χ0v) is 14.3. The number of para-hydroxylation sites is 1. The molecule has 1 unspecified atom stereocenters. The molecule has 130 valence electrons. The van der Waals surface area contributed by atoms with Crippen molar-refractivity contribution in [2.45, 2.75) is 19.6 Å². The summed E-state index contributed by atoms with van der Waals surface area (Å²) in [6.07, 6.45) is 0.257. The van der Waals surface area contributed by atoms with E-state index in [2.05, 4.69) is 5.32 Å². The number of carbonyl (C=O) groups is 2. The Morgan fingerprint density at radius 3 is 2.48 bits per heavy atom. The number of carbonyl (C=O) groups excluding carboxylic acids is 2. The molecule has 1 heterocycles. The van der Waals surface area contributed by atoms with Crippen LogP contribution in [-0.2, 0) is 27.5 Å². The molecule has 1 aliphatic heterocycles. The topological polar surface area (TPSA) is 58.6 Å². The lowest BCUT2D eigenvalue weighted by atomic mass is 10.1. The SMILES string of the molecule is COCc1ccc(CNC(=O)C2CC(=O)N(c3ccccc3)C2)cc1. The molecular formula is C20H22N2O3. The average Bonchev–Trinajstić information content (AvgIpc) is 3.04. The summed E-state index contributed by atoms with van der Waals surface area (Å²) < 4.78 is 5.08. The Morgan fingerprint density at radius 1 is 1.12 bits per heavy atom. The van der Waals surface area contributed by atoms with Gasteiger partial charge in [0, 0.05) is 32.3 Å². The van der Waals surface area contributed by atoms with Gasteiger partial charge in [-0.05, 0) is 23.3 Å². The van der Waals surface area contributed by atoms with Gasteiger partial charge in [-0.2, -0.15) is 0 Å². The predicted molar refractivity (Wildman–Crippen MR) is 95.9 cm³/mol. The van der Waals surface area contributed by atoms with Crippen LogP contribution in [0.15, 0.2) is 54.6 Å². The van der Waals surface area contributed by atoms with Gasteiger partial charge in [-0.1, -0.05) is 42.5 Å². The highest BCUT2D eigenvalue weighted by Gasteiger charge is 2.34. The quantitative estimate of drug-likeness (QED) is 0.880. The summed E-state index contributed by atoms with van der Waals surface area (Å²) >= 11 is 0. The van der Waals surface area contributed by atoms with E-state index in [-0.39, 0.29) is 24.2 Å². The Balaban J connectivity index is 1.54. The minimum absolute atomic E-state index is 0.00438. The molecule has 1 atom stereocenters. The van der Waals surface area contributed by atoms with Gasteiger partial charge in [-0.3, -0.25) is 9.59 Å². The Kier molecular flexibility index (Phi) is 5.46. The minimum atomic E-state index is -0.305. The van der Waals surface area contributed by atoms with Gasteiger partial charge in [0.25, 0.3) is 0 Å². The van der Waals surface area contributed by atoms with E-state index in [0.717, 1.165) is 16.8 Å². The fourth-order valence-corrected chi connectivity index (χ4v) is 2.99. The van der Waals surface area contributed by atoms with Crippen molar-refractivity contribution in [2.75, 3.05) is 18.6 Å². The van der Waals surface area contributed by atoms with Crippen LogP contribution < -0.4 is 10.2 Å². The molecule has 1 N–H and O–H groups in total. The molecule has 2 aromatic rings. The molecule has 5 nitrogen and oxygen atoms in total. The van der Waals surface area contributed by atoms with Crippen molar-refractivity contribution in [3.63, 3.8) is 0 Å². The number of anilines is 1. The summed E-state index contributed by atoms with van der Waals surface area (Å²) in [5, 5.41) is 2.94. The predicted octanol–water partition coefficient (Wildman–Crippen LogP) is 2.50. The van der Waals surface area contributed by atoms with Crippen molar-refractivity contribution in [1.29, 1.82) is 0 Å². The summed E-state index contributed by atoms with van der Waals surface area (Å²) in [7, 11) is 1.66. The lowest BCUT2D eigenvalue weighted by Crippen LogP contribution is -2.32. The molecule has 3 rings (SSSR count). The summed E-state index contributed by atoms with van der Waals surface area (Å²) in [5.74, 6) is -0.386. The molecule has 0 aliphatic carbocycles. The standard InChI is InChI=1S/C20H22N2O3/c1-25-14-16-9-7-15(8-10-16)12-21-20(24)17-11-19(23)22(13-17)18-5-3-2-4-6-18/h2-10,17H,11-14H2,1H3,(H,21,24). The smallest absolute Gasteiger partial charge is 0.227 e. The monoisotopic (exact) mass is 338 g/mol. The minimum Gasteiger partial charge on any atom is -0.380 e. The molecule has 5 heteroatoms. The average molecular weight is 338 g/mol. The number of methoxy groups -OCH3 is 1. The zero-order chi connectivity index (χ0) is 17.6. The van der Waals surface area contributed by atoms with Gasteiger partial charge < -0.3 is 15.0 Å².